The Hall–Kier alpha value is -1.65. The van der Waals surface area contributed by atoms with E-state index < -0.39 is 0 Å². The third-order valence-corrected chi connectivity index (χ3v) is 3.43. The molecule has 20 heavy (non-hydrogen) atoms. The third-order valence-electron chi connectivity index (χ3n) is 3.03. The van der Waals surface area contributed by atoms with E-state index in [1.807, 2.05) is 4.90 Å². The summed E-state index contributed by atoms with van der Waals surface area (Å²) in [6, 6.07) is 0. The minimum absolute atomic E-state index is 0.0802. The first-order valence-corrected chi connectivity index (χ1v) is 7.14. The predicted octanol–water partition coefficient (Wildman–Crippen LogP) is 0.110. The van der Waals surface area contributed by atoms with Gasteiger partial charge in [0.2, 0.25) is 11.9 Å². The van der Waals surface area contributed by atoms with Gasteiger partial charge in [-0.1, -0.05) is 5.92 Å². The first-order chi connectivity index (χ1) is 9.70. The van der Waals surface area contributed by atoms with Crippen molar-refractivity contribution in [2.45, 2.75) is 0 Å². The normalized spacial score (nSPS) is 15.0. The van der Waals surface area contributed by atoms with Crippen LogP contribution in [-0.4, -0.2) is 60.0 Å². The molecule has 0 aliphatic carbocycles. The SMILES string of the molecule is C#CCNCC(=O)N1CCN(c2ncc(Br)cn2)CC1. The average molecular weight is 338 g/mol. The van der Waals surface area contributed by atoms with E-state index in [9.17, 15) is 4.79 Å². The molecule has 0 spiro atoms. The largest absolute Gasteiger partial charge is 0.338 e. The Morgan fingerprint density at radius 2 is 2.00 bits per heavy atom. The van der Waals surface area contributed by atoms with Gasteiger partial charge >= 0.3 is 0 Å². The molecule has 0 atom stereocenters. The molecule has 106 valence electrons. The number of amides is 1. The molecule has 2 heterocycles. The van der Waals surface area contributed by atoms with E-state index in [4.69, 9.17) is 6.42 Å². The zero-order chi connectivity index (χ0) is 14.4. The number of carbonyl (C=O) groups is 1. The fourth-order valence-electron chi connectivity index (χ4n) is 1.98. The molecule has 1 saturated heterocycles. The third kappa shape index (κ3) is 3.92. The molecule has 1 aromatic heterocycles. The van der Waals surface area contributed by atoms with Crippen molar-refractivity contribution in [3.05, 3.63) is 16.9 Å². The van der Waals surface area contributed by atoms with E-state index >= 15 is 0 Å². The van der Waals surface area contributed by atoms with Crippen molar-refractivity contribution in [3.8, 4) is 12.3 Å². The van der Waals surface area contributed by atoms with Gasteiger partial charge in [-0.15, -0.1) is 6.42 Å². The van der Waals surface area contributed by atoms with Gasteiger partial charge in [-0.25, -0.2) is 9.97 Å². The van der Waals surface area contributed by atoms with E-state index in [2.05, 4.69) is 42.0 Å². The van der Waals surface area contributed by atoms with Crippen LogP contribution < -0.4 is 10.2 Å². The molecule has 1 aromatic rings. The van der Waals surface area contributed by atoms with Crippen molar-refractivity contribution >= 4 is 27.8 Å². The Bertz CT molecular complexity index is 490. The number of nitrogens with one attached hydrogen (secondary N) is 1. The maximum absolute atomic E-state index is 11.9. The first kappa shape index (κ1) is 14.8. The second-order valence-corrected chi connectivity index (χ2v) is 5.29. The first-order valence-electron chi connectivity index (χ1n) is 6.35. The highest BCUT2D eigenvalue weighted by Crippen LogP contribution is 2.13. The molecule has 1 amide bonds. The Kier molecular flexibility index (Phi) is 5.32. The summed E-state index contributed by atoms with van der Waals surface area (Å²) < 4.78 is 0.856. The lowest BCUT2D eigenvalue weighted by molar-refractivity contribution is -0.130. The van der Waals surface area contributed by atoms with Crippen LogP contribution in [0.1, 0.15) is 0 Å². The maximum atomic E-state index is 11.9. The van der Waals surface area contributed by atoms with Gasteiger partial charge in [0.1, 0.15) is 0 Å². The number of nitrogens with zero attached hydrogens (tertiary/aromatic N) is 4. The summed E-state index contributed by atoms with van der Waals surface area (Å²) in [5.74, 6) is 3.23. The molecule has 6 nitrogen and oxygen atoms in total. The van der Waals surface area contributed by atoms with Crippen LogP contribution in [0.4, 0.5) is 5.95 Å². The van der Waals surface area contributed by atoms with Gasteiger partial charge in [0.05, 0.1) is 17.6 Å². The zero-order valence-electron chi connectivity index (χ0n) is 11.0. The van der Waals surface area contributed by atoms with Gasteiger partial charge in [-0.05, 0) is 15.9 Å². The Morgan fingerprint density at radius 3 is 2.60 bits per heavy atom. The van der Waals surface area contributed by atoms with Crippen LogP contribution in [-0.2, 0) is 4.79 Å². The fourth-order valence-corrected chi connectivity index (χ4v) is 2.18. The minimum atomic E-state index is 0.0802. The highest BCUT2D eigenvalue weighted by Gasteiger charge is 2.21. The highest BCUT2D eigenvalue weighted by atomic mass is 79.9. The number of hydrogen-bond acceptors (Lipinski definition) is 5. The monoisotopic (exact) mass is 337 g/mol. The number of aromatic nitrogens is 2. The number of terminal acetylenes is 1. The molecule has 0 aromatic carbocycles. The second kappa shape index (κ2) is 7.22. The fraction of sp³-hybridized carbons (Fsp3) is 0.462. The van der Waals surface area contributed by atoms with Crippen LogP contribution in [0.25, 0.3) is 0 Å². The summed E-state index contributed by atoms with van der Waals surface area (Å²) in [6.07, 6.45) is 8.58. The molecule has 0 saturated carbocycles. The van der Waals surface area contributed by atoms with Crippen molar-refractivity contribution in [2.75, 3.05) is 44.2 Å². The zero-order valence-corrected chi connectivity index (χ0v) is 12.6. The number of rotatable bonds is 4. The molecule has 2 rings (SSSR count). The van der Waals surface area contributed by atoms with Crippen molar-refractivity contribution in [3.63, 3.8) is 0 Å². The van der Waals surface area contributed by atoms with Gasteiger partial charge < -0.3 is 9.80 Å². The van der Waals surface area contributed by atoms with Crippen molar-refractivity contribution in [2.24, 2.45) is 0 Å². The summed E-state index contributed by atoms with van der Waals surface area (Å²) in [4.78, 5) is 24.3. The van der Waals surface area contributed by atoms with E-state index in [0.717, 1.165) is 17.6 Å². The number of anilines is 1. The van der Waals surface area contributed by atoms with Gasteiger partial charge in [0.15, 0.2) is 0 Å². The lowest BCUT2D eigenvalue weighted by Gasteiger charge is -2.34. The number of halogens is 1. The lowest BCUT2D eigenvalue weighted by atomic mass is 10.3. The summed E-state index contributed by atoms with van der Waals surface area (Å²) in [5.41, 5.74) is 0. The van der Waals surface area contributed by atoms with Crippen LogP contribution in [0.5, 0.6) is 0 Å². The van der Waals surface area contributed by atoms with Crippen molar-refractivity contribution in [1.82, 2.24) is 20.2 Å². The number of carbonyl (C=O) groups excluding carboxylic acids is 1. The van der Waals surface area contributed by atoms with Crippen LogP contribution in [0.15, 0.2) is 16.9 Å². The molecular formula is C13H16BrN5O. The summed E-state index contributed by atoms with van der Waals surface area (Å²) in [6.45, 7) is 3.54. The van der Waals surface area contributed by atoms with Crippen molar-refractivity contribution in [1.29, 1.82) is 0 Å². The molecule has 1 aliphatic rings. The van der Waals surface area contributed by atoms with Gasteiger partial charge in [-0.3, -0.25) is 10.1 Å². The van der Waals surface area contributed by atoms with Gasteiger partial charge in [0.25, 0.3) is 0 Å². The minimum Gasteiger partial charge on any atom is -0.338 e. The Labute approximate surface area is 126 Å². The predicted molar refractivity (Wildman–Crippen MR) is 80.2 cm³/mol. The Balaban J connectivity index is 1.81. The Morgan fingerprint density at radius 1 is 1.35 bits per heavy atom. The number of piperazine rings is 1. The quantitative estimate of drug-likeness (QED) is 0.624. The van der Waals surface area contributed by atoms with E-state index in [-0.39, 0.29) is 5.91 Å². The van der Waals surface area contributed by atoms with Crippen LogP contribution >= 0.6 is 15.9 Å². The second-order valence-electron chi connectivity index (χ2n) is 4.38. The average Bonchev–Trinajstić information content (AvgIpc) is 2.48. The highest BCUT2D eigenvalue weighted by molar-refractivity contribution is 9.10. The molecule has 0 unspecified atom stereocenters. The van der Waals surface area contributed by atoms with Crippen molar-refractivity contribution < 1.29 is 4.79 Å². The van der Waals surface area contributed by atoms with Gasteiger partial charge in [-0.2, -0.15) is 0 Å². The van der Waals surface area contributed by atoms with Crippen LogP contribution in [0, 0.1) is 12.3 Å². The van der Waals surface area contributed by atoms with Crippen LogP contribution in [0.2, 0.25) is 0 Å². The molecule has 0 radical (unpaired) electrons. The molecule has 1 aliphatic heterocycles. The molecule has 7 heteroatoms. The maximum Gasteiger partial charge on any atom is 0.236 e. The topological polar surface area (TPSA) is 61.4 Å². The van der Waals surface area contributed by atoms with E-state index in [1.54, 1.807) is 12.4 Å². The molecule has 0 bridgehead atoms. The summed E-state index contributed by atoms with van der Waals surface area (Å²) >= 11 is 3.31. The summed E-state index contributed by atoms with van der Waals surface area (Å²) in [7, 11) is 0. The van der Waals surface area contributed by atoms with Crippen LogP contribution in [0.3, 0.4) is 0 Å². The van der Waals surface area contributed by atoms with Gasteiger partial charge in [0, 0.05) is 38.6 Å². The number of hydrogen-bond donors (Lipinski definition) is 1. The molecular weight excluding hydrogens is 322 g/mol. The van der Waals surface area contributed by atoms with E-state index in [0.29, 0.717) is 32.1 Å². The summed E-state index contributed by atoms with van der Waals surface area (Å²) in [5, 5.41) is 2.91. The smallest absolute Gasteiger partial charge is 0.236 e. The van der Waals surface area contributed by atoms with E-state index in [1.165, 1.54) is 0 Å². The molecule has 1 fully saturated rings. The lowest BCUT2D eigenvalue weighted by Crippen LogP contribution is -2.51. The molecule has 1 N–H and O–H groups in total. The standard InChI is InChI=1S/C13H16BrN5O/c1-2-3-15-10-12(20)18-4-6-19(7-5-18)13-16-8-11(14)9-17-13/h1,8-9,15H,3-7,10H2.